The summed E-state index contributed by atoms with van der Waals surface area (Å²) in [7, 11) is 0. The van der Waals surface area contributed by atoms with Crippen molar-refractivity contribution in [2.75, 3.05) is 13.2 Å². The van der Waals surface area contributed by atoms with Crippen molar-refractivity contribution in [3.63, 3.8) is 0 Å². The number of rotatable bonds is 6. The summed E-state index contributed by atoms with van der Waals surface area (Å²) in [6.07, 6.45) is 0.892. The SMILES string of the molecule is CCOc1ccc(Cl)cc1C(CN)Cc1ccccc1C. The molecule has 0 saturated carbocycles. The Labute approximate surface area is 131 Å². The quantitative estimate of drug-likeness (QED) is 0.862. The van der Waals surface area contributed by atoms with E-state index in [-0.39, 0.29) is 5.92 Å². The van der Waals surface area contributed by atoms with Gasteiger partial charge in [0.15, 0.2) is 0 Å². The van der Waals surface area contributed by atoms with E-state index in [9.17, 15) is 0 Å². The summed E-state index contributed by atoms with van der Waals surface area (Å²) < 4.78 is 5.73. The number of ether oxygens (including phenoxy) is 1. The molecule has 1 atom stereocenters. The van der Waals surface area contributed by atoms with Gasteiger partial charge >= 0.3 is 0 Å². The van der Waals surface area contributed by atoms with Gasteiger partial charge in [-0.3, -0.25) is 0 Å². The molecule has 0 spiro atoms. The van der Waals surface area contributed by atoms with Crippen molar-refractivity contribution in [2.24, 2.45) is 5.73 Å². The highest BCUT2D eigenvalue weighted by molar-refractivity contribution is 6.30. The van der Waals surface area contributed by atoms with Gasteiger partial charge in [0.05, 0.1) is 6.61 Å². The van der Waals surface area contributed by atoms with Crippen LogP contribution >= 0.6 is 11.6 Å². The first kappa shape index (κ1) is 15.9. The molecular weight excluding hydrogens is 282 g/mol. The fraction of sp³-hybridized carbons (Fsp3) is 0.333. The third-order valence-electron chi connectivity index (χ3n) is 3.72. The van der Waals surface area contributed by atoms with Crippen LogP contribution in [0.1, 0.15) is 29.5 Å². The lowest BCUT2D eigenvalue weighted by Crippen LogP contribution is -2.16. The highest BCUT2D eigenvalue weighted by Gasteiger charge is 2.17. The Balaban J connectivity index is 2.33. The minimum Gasteiger partial charge on any atom is -0.494 e. The predicted octanol–water partition coefficient (Wildman–Crippen LogP) is 4.33. The summed E-state index contributed by atoms with van der Waals surface area (Å²) in [5, 5.41) is 0.719. The lowest BCUT2D eigenvalue weighted by atomic mass is 9.89. The van der Waals surface area contributed by atoms with E-state index in [1.807, 2.05) is 25.1 Å². The summed E-state index contributed by atoms with van der Waals surface area (Å²) in [4.78, 5) is 0. The second-order valence-electron chi connectivity index (χ2n) is 5.18. The van der Waals surface area contributed by atoms with Gasteiger partial charge in [-0.05, 0) is 56.1 Å². The highest BCUT2D eigenvalue weighted by atomic mass is 35.5. The zero-order valence-corrected chi connectivity index (χ0v) is 13.4. The van der Waals surface area contributed by atoms with Gasteiger partial charge in [0.1, 0.15) is 5.75 Å². The maximum Gasteiger partial charge on any atom is 0.122 e. The lowest BCUT2D eigenvalue weighted by molar-refractivity contribution is 0.334. The van der Waals surface area contributed by atoms with E-state index in [0.29, 0.717) is 13.2 Å². The third-order valence-corrected chi connectivity index (χ3v) is 3.96. The standard InChI is InChI=1S/C18H22ClNO/c1-3-21-18-9-8-16(19)11-17(18)15(12-20)10-14-7-5-4-6-13(14)2/h4-9,11,15H,3,10,12,20H2,1-2H3. The Morgan fingerprint density at radius 1 is 1.19 bits per heavy atom. The summed E-state index contributed by atoms with van der Waals surface area (Å²) in [5.41, 5.74) is 9.71. The minimum atomic E-state index is 0.200. The number of hydrogen-bond donors (Lipinski definition) is 1. The maximum atomic E-state index is 6.16. The molecule has 2 nitrogen and oxygen atoms in total. The molecule has 1 unspecified atom stereocenters. The molecule has 0 aliphatic rings. The van der Waals surface area contributed by atoms with E-state index >= 15 is 0 Å². The van der Waals surface area contributed by atoms with Gasteiger partial charge in [-0.2, -0.15) is 0 Å². The third kappa shape index (κ3) is 3.99. The van der Waals surface area contributed by atoms with Crippen LogP contribution in [0.25, 0.3) is 0 Å². The predicted molar refractivity (Wildman–Crippen MR) is 89.3 cm³/mol. The molecule has 2 aromatic carbocycles. The Bertz CT molecular complexity index is 598. The molecule has 0 saturated heterocycles. The van der Waals surface area contributed by atoms with Gasteiger partial charge in [-0.1, -0.05) is 35.9 Å². The van der Waals surface area contributed by atoms with Crippen LogP contribution in [0.5, 0.6) is 5.75 Å². The van der Waals surface area contributed by atoms with E-state index < -0.39 is 0 Å². The van der Waals surface area contributed by atoms with Crippen molar-refractivity contribution >= 4 is 11.6 Å². The van der Waals surface area contributed by atoms with Gasteiger partial charge in [0.2, 0.25) is 0 Å². The lowest BCUT2D eigenvalue weighted by Gasteiger charge is -2.20. The molecule has 0 aliphatic carbocycles. The summed E-state index contributed by atoms with van der Waals surface area (Å²) >= 11 is 6.16. The van der Waals surface area contributed by atoms with E-state index in [1.165, 1.54) is 11.1 Å². The summed E-state index contributed by atoms with van der Waals surface area (Å²) in [5.74, 6) is 1.08. The molecule has 0 aromatic heterocycles. The first-order chi connectivity index (χ1) is 10.2. The fourth-order valence-corrected chi connectivity index (χ4v) is 2.73. The van der Waals surface area contributed by atoms with Crippen molar-refractivity contribution in [1.82, 2.24) is 0 Å². The summed E-state index contributed by atoms with van der Waals surface area (Å²) in [6, 6.07) is 14.2. The molecular formula is C18H22ClNO. The molecule has 0 heterocycles. The van der Waals surface area contributed by atoms with E-state index in [4.69, 9.17) is 22.1 Å². The number of nitrogens with two attached hydrogens (primary N) is 1. The van der Waals surface area contributed by atoms with Crippen LogP contribution in [0.3, 0.4) is 0 Å². The molecule has 3 heteroatoms. The van der Waals surface area contributed by atoms with Crippen LogP contribution in [-0.2, 0) is 6.42 Å². The average Bonchev–Trinajstić information content (AvgIpc) is 2.49. The maximum absolute atomic E-state index is 6.16. The van der Waals surface area contributed by atoms with E-state index in [2.05, 4.69) is 31.2 Å². The first-order valence-electron chi connectivity index (χ1n) is 7.32. The van der Waals surface area contributed by atoms with Crippen LogP contribution in [0.15, 0.2) is 42.5 Å². The molecule has 0 radical (unpaired) electrons. The fourth-order valence-electron chi connectivity index (χ4n) is 2.55. The van der Waals surface area contributed by atoms with Crippen molar-refractivity contribution in [2.45, 2.75) is 26.2 Å². The molecule has 0 aliphatic heterocycles. The molecule has 21 heavy (non-hydrogen) atoms. The van der Waals surface area contributed by atoms with E-state index in [0.717, 1.165) is 22.8 Å². The van der Waals surface area contributed by atoms with Gasteiger partial charge in [0, 0.05) is 16.5 Å². The van der Waals surface area contributed by atoms with Gasteiger partial charge in [0.25, 0.3) is 0 Å². The second kappa shape index (κ2) is 7.48. The second-order valence-corrected chi connectivity index (χ2v) is 5.61. The van der Waals surface area contributed by atoms with Crippen molar-refractivity contribution < 1.29 is 4.74 Å². The minimum absolute atomic E-state index is 0.200. The van der Waals surface area contributed by atoms with E-state index in [1.54, 1.807) is 0 Å². The average molecular weight is 304 g/mol. The number of hydrogen-bond acceptors (Lipinski definition) is 2. The molecule has 0 bridgehead atoms. The van der Waals surface area contributed by atoms with Gasteiger partial charge in [-0.15, -0.1) is 0 Å². The van der Waals surface area contributed by atoms with Crippen LogP contribution in [0, 0.1) is 6.92 Å². The smallest absolute Gasteiger partial charge is 0.122 e. The van der Waals surface area contributed by atoms with Gasteiger partial charge in [-0.25, -0.2) is 0 Å². The number of halogens is 1. The first-order valence-corrected chi connectivity index (χ1v) is 7.70. The topological polar surface area (TPSA) is 35.2 Å². The monoisotopic (exact) mass is 303 g/mol. The molecule has 112 valence electrons. The molecule has 2 aromatic rings. The number of benzene rings is 2. The normalized spacial score (nSPS) is 12.2. The molecule has 2 rings (SSSR count). The zero-order valence-electron chi connectivity index (χ0n) is 12.6. The van der Waals surface area contributed by atoms with Crippen molar-refractivity contribution in [3.05, 3.63) is 64.2 Å². The highest BCUT2D eigenvalue weighted by Crippen LogP contribution is 2.32. The van der Waals surface area contributed by atoms with Crippen LogP contribution in [-0.4, -0.2) is 13.2 Å². The van der Waals surface area contributed by atoms with Gasteiger partial charge < -0.3 is 10.5 Å². The van der Waals surface area contributed by atoms with Crippen LogP contribution < -0.4 is 10.5 Å². The number of aryl methyl sites for hydroxylation is 1. The Morgan fingerprint density at radius 2 is 1.95 bits per heavy atom. The summed E-state index contributed by atoms with van der Waals surface area (Å²) in [6.45, 7) is 5.31. The Morgan fingerprint density at radius 3 is 2.62 bits per heavy atom. The largest absolute Gasteiger partial charge is 0.494 e. The molecule has 0 amide bonds. The molecule has 0 fully saturated rings. The van der Waals surface area contributed by atoms with Crippen molar-refractivity contribution in [3.8, 4) is 5.75 Å². The van der Waals surface area contributed by atoms with Crippen LogP contribution in [0.4, 0.5) is 0 Å². The van der Waals surface area contributed by atoms with Crippen molar-refractivity contribution in [1.29, 1.82) is 0 Å². The Kier molecular flexibility index (Phi) is 5.66. The zero-order chi connectivity index (χ0) is 15.2. The van der Waals surface area contributed by atoms with Crippen LogP contribution in [0.2, 0.25) is 5.02 Å². The Hall–Kier alpha value is -1.51. The molecule has 2 N–H and O–H groups in total.